The van der Waals surface area contributed by atoms with E-state index >= 15 is 0 Å². The van der Waals surface area contributed by atoms with E-state index in [0.29, 0.717) is 35.1 Å². The number of fused-ring (bicyclic) bond motifs is 1. The molecule has 1 aromatic heterocycles. The number of aromatic amines is 1. The van der Waals surface area contributed by atoms with Crippen molar-refractivity contribution in [3.63, 3.8) is 0 Å². The number of nitrogens with zero attached hydrogens (tertiary/aromatic N) is 1. The number of imidazole rings is 1. The van der Waals surface area contributed by atoms with E-state index in [1.165, 1.54) is 12.1 Å². The van der Waals surface area contributed by atoms with E-state index in [2.05, 4.69) is 15.3 Å². The lowest BCUT2D eigenvalue weighted by molar-refractivity contribution is -0.123. The predicted octanol–water partition coefficient (Wildman–Crippen LogP) is 3.71. The van der Waals surface area contributed by atoms with Crippen LogP contribution < -0.4 is 10.1 Å². The minimum Gasteiger partial charge on any atom is -0.482 e. The predicted molar refractivity (Wildman–Crippen MR) is 99.2 cm³/mol. The number of nitrogens with one attached hydrogen (secondary N) is 2. The Morgan fingerprint density at radius 1 is 1.27 bits per heavy atom. The molecule has 0 unspecified atom stereocenters. The number of carbonyl (C=O) groups excluding carboxylic acids is 1. The number of hydrogen-bond donors (Lipinski definition) is 2. The second-order valence-electron chi connectivity index (χ2n) is 6.10. The monoisotopic (exact) mass is 375 g/mol. The number of aryl methyl sites for hydroxylation is 2. The van der Waals surface area contributed by atoms with Crippen LogP contribution in [-0.4, -0.2) is 29.0 Å². The zero-order valence-electron chi connectivity index (χ0n) is 14.5. The molecule has 3 rings (SSSR count). The van der Waals surface area contributed by atoms with Crippen molar-refractivity contribution >= 4 is 28.5 Å². The summed E-state index contributed by atoms with van der Waals surface area (Å²) in [5.41, 5.74) is 3.45. The smallest absolute Gasteiger partial charge is 0.257 e. The maximum absolute atomic E-state index is 13.2. The topological polar surface area (TPSA) is 67.0 Å². The molecule has 136 valence electrons. The lowest BCUT2D eigenvalue weighted by Crippen LogP contribution is -2.30. The SMILES string of the molecule is Cc1cc(Cl)c(OCC(=O)NCCc2nc3cc(F)ccc3[nH]2)cc1C. The van der Waals surface area contributed by atoms with E-state index in [1.54, 1.807) is 6.07 Å². The Balaban J connectivity index is 1.48. The number of carbonyl (C=O) groups is 1. The summed E-state index contributed by atoms with van der Waals surface area (Å²) in [5.74, 6) is 0.598. The standard InChI is InChI=1S/C19H19ClFN3O2/c1-11-7-14(20)17(8-12(11)2)26-10-19(25)22-6-5-18-23-15-4-3-13(21)9-16(15)24-18/h3-4,7-9H,5-6,10H2,1-2H3,(H,22,25)(H,23,24). The molecule has 1 heterocycles. The van der Waals surface area contributed by atoms with Gasteiger partial charge in [0.15, 0.2) is 6.61 Å². The van der Waals surface area contributed by atoms with Gasteiger partial charge >= 0.3 is 0 Å². The third kappa shape index (κ3) is 4.32. The van der Waals surface area contributed by atoms with E-state index in [0.717, 1.165) is 16.6 Å². The molecule has 0 atom stereocenters. The number of rotatable bonds is 6. The normalized spacial score (nSPS) is 10.9. The van der Waals surface area contributed by atoms with Crippen LogP contribution in [0.1, 0.15) is 17.0 Å². The largest absolute Gasteiger partial charge is 0.482 e. The summed E-state index contributed by atoms with van der Waals surface area (Å²) in [6, 6.07) is 8.02. The Morgan fingerprint density at radius 3 is 2.85 bits per heavy atom. The summed E-state index contributed by atoms with van der Waals surface area (Å²) < 4.78 is 18.7. The maximum Gasteiger partial charge on any atom is 0.257 e. The molecule has 0 saturated heterocycles. The molecule has 0 radical (unpaired) electrons. The molecule has 2 aromatic carbocycles. The Labute approximate surface area is 155 Å². The van der Waals surface area contributed by atoms with Crippen LogP contribution in [0.3, 0.4) is 0 Å². The highest BCUT2D eigenvalue weighted by Gasteiger charge is 2.09. The molecule has 0 aliphatic rings. The van der Waals surface area contributed by atoms with Crippen molar-refractivity contribution in [2.24, 2.45) is 0 Å². The molecule has 2 N–H and O–H groups in total. The van der Waals surface area contributed by atoms with E-state index in [9.17, 15) is 9.18 Å². The molecular formula is C19H19ClFN3O2. The first-order chi connectivity index (χ1) is 12.4. The summed E-state index contributed by atoms with van der Waals surface area (Å²) in [4.78, 5) is 19.3. The Kier molecular flexibility index (Phi) is 5.42. The van der Waals surface area contributed by atoms with Crippen molar-refractivity contribution in [1.29, 1.82) is 0 Å². The van der Waals surface area contributed by atoms with Crippen molar-refractivity contribution in [3.8, 4) is 5.75 Å². The van der Waals surface area contributed by atoms with Gasteiger partial charge < -0.3 is 15.0 Å². The molecule has 0 fully saturated rings. The second kappa shape index (κ2) is 7.74. The van der Waals surface area contributed by atoms with Gasteiger partial charge in [0.1, 0.15) is 17.4 Å². The van der Waals surface area contributed by atoms with Crippen molar-refractivity contribution in [1.82, 2.24) is 15.3 Å². The van der Waals surface area contributed by atoms with Gasteiger partial charge in [0.2, 0.25) is 0 Å². The minimum atomic E-state index is -0.328. The number of benzene rings is 2. The van der Waals surface area contributed by atoms with Crippen LogP contribution in [0.4, 0.5) is 4.39 Å². The summed E-state index contributed by atoms with van der Waals surface area (Å²) in [5, 5.41) is 3.24. The Hall–Kier alpha value is -2.60. The first-order valence-electron chi connectivity index (χ1n) is 8.23. The summed E-state index contributed by atoms with van der Waals surface area (Å²) in [6.07, 6.45) is 0.506. The molecule has 0 bridgehead atoms. The first kappa shape index (κ1) is 18.2. The number of H-pyrrole nitrogens is 1. The summed E-state index contributed by atoms with van der Waals surface area (Å²) >= 11 is 6.12. The van der Waals surface area contributed by atoms with Gasteiger partial charge in [-0.3, -0.25) is 4.79 Å². The fourth-order valence-electron chi connectivity index (χ4n) is 2.53. The molecule has 0 aliphatic carbocycles. The molecule has 0 saturated carbocycles. The molecule has 7 heteroatoms. The summed E-state index contributed by atoms with van der Waals surface area (Å²) in [6.45, 7) is 4.20. The Morgan fingerprint density at radius 2 is 2.04 bits per heavy atom. The maximum atomic E-state index is 13.2. The number of amides is 1. The Bertz CT molecular complexity index is 955. The van der Waals surface area contributed by atoms with E-state index in [-0.39, 0.29) is 18.3 Å². The van der Waals surface area contributed by atoms with Gasteiger partial charge in [-0.15, -0.1) is 0 Å². The van der Waals surface area contributed by atoms with Crippen molar-refractivity contribution < 1.29 is 13.9 Å². The molecule has 0 aliphatic heterocycles. The average molecular weight is 376 g/mol. The zero-order chi connectivity index (χ0) is 18.7. The van der Waals surface area contributed by atoms with Crippen LogP contribution in [0, 0.1) is 19.7 Å². The zero-order valence-corrected chi connectivity index (χ0v) is 15.3. The van der Waals surface area contributed by atoms with Crippen LogP contribution in [0.15, 0.2) is 30.3 Å². The van der Waals surface area contributed by atoms with E-state index in [1.807, 2.05) is 26.0 Å². The second-order valence-corrected chi connectivity index (χ2v) is 6.51. The van der Waals surface area contributed by atoms with E-state index < -0.39 is 0 Å². The highest BCUT2D eigenvalue weighted by Crippen LogP contribution is 2.27. The van der Waals surface area contributed by atoms with Crippen molar-refractivity contribution in [2.45, 2.75) is 20.3 Å². The fourth-order valence-corrected chi connectivity index (χ4v) is 2.80. The van der Waals surface area contributed by atoms with Gasteiger partial charge in [-0.1, -0.05) is 11.6 Å². The molecular weight excluding hydrogens is 357 g/mol. The highest BCUT2D eigenvalue weighted by molar-refractivity contribution is 6.32. The number of hydrogen-bond acceptors (Lipinski definition) is 3. The molecule has 3 aromatic rings. The molecule has 26 heavy (non-hydrogen) atoms. The van der Waals surface area contributed by atoms with Gasteiger partial charge in [0, 0.05) is 19.0 Å². The minimum absolute atomic E-state index is 0.117. The fraction of sp³-hybridized carbons (Fsp3) is 0.263. The van der Waals surface area contributed by atoms with Crippen LogP contribution in [0.25, 0.3) is 11.0 Å². The molecule has 0 spiro atoms. The quantitative estimate of drug-likeness (QED) is 0.690. The third-order valence-electron chi connectivity index (χ3n) is 4.09. The third-order valence-corrected chi connectivity index (χ3v) is 4.38. The van der Waals surface area contributed by atoms with Crippen LogP contribution in [-0.2, 0) is 11.2 Å². The molecule has 5 nitrogen and oxygen atoms in total. The number of halogens is 2. The van der Waals surface area contributed by atoms with Gasteiger partial charge in [-0.05, 0) is 49.2 Å². The lowest BCUT2D eigenvalue weighted by atomic mass is 10.1. The van der Waals surface area contributed by atoms with Crippen LogP contribution in [0.5, 0.6) is 5.75 Å². The van der Waals surface area contributed by atoms with Gasteiger partial charge in [0.05, 0.1) is 16.1 Å². The van der Waals surface area contributed by atoms with Crippen LogP contribution in [0.2, 0.25) is 5.02 Å². The van der Waals surface area contributed by atoms with Gasteiger partial charge in [0.25, 0.3) is 5.91 Å². The van der Waals surface area contributed by atoms with Crippen molar-refractivity contribution in [3.05, 3.63) is 58.1 Å². The average Bonchev–Trinajstić information content (AvgIpc) is 2.98. The first-order valence-corrected chi connectivity index (χ1v) is 8.60. The van der Waals surface area contributed by atoms with E-state index in [4.69, 9.17) is 16.3 Å². The number of aromatic nitrogens is 2. The van der Waals surface area contributed by atoms with Crippen LogP contribution >= 0.6 is 11.6 Å². The molecule has 1 amide bonds. The lowest BCUT2D eigenvalue weighted by Gasteiger charge is -2.10. The van der Waals surface area contributed by atoms with Gasteiger partial charge in [-0.25, -0.2) is 9.37 Å². The highest BCUT2D eigenvalue weighted by atomic mass is 35.5. The summed E-state index contributed by atoms with van der Waals surface area (Å²) in [7, 11) is 0. The van der Waals surface area contributed by atoms with Gasteiger partial charge in [-0.2, -0.15) is 0 Å². The number of ether oxygens (including phenoxy) is 1. The van der Waals surface area contributed by atoms with Crippen molar-refractivity contribution in [2.75, 3.05) is 13.2 Å².